The highest BCUT2D eigenvalue weighted by atomic mass is 32.1. The summed E-state index contributed by atoms with van der Waals surface area (Å²) in [6.45, 7) is 3.18. The van der Waals surface area contributed by atoms with Gasteiger partial charge >= 0.3 is 0 Å². The number of nitrogens with zero attached hydrogens (tertiary/aromatic N) is 3. The van der Waals surface area contributed by atoms with Crippen LogP contribution >= 0.6 is 22.7 Å². The van der Waals surface area contributed by atoms with Crippen molar-refractivity contribution in [3.63, 3.8) is 0 Å². The number of fused-ring (bicyclic) bond motifs is 1. The van der Waals surface area contributed by atoms with Gasteiger partial charge in [0.2, 0.25) is 0 Å². The molecule has 1 saturated heterocycles. The predicted molar refractivity (Wildman–Crippen MR) is 113 cm³/mol. The van der Waals surface area contributed by atoms with E-state index in [1.165, 1.54) is 11.3 Å². The molecule has 0 bridgehead atoms. The minimum Gasteiger partial charge on any atom is -0.378 e. The van der Waals surface area contributed by atoms with Crippen LogP contribution in [0.25, 0.3) is 20.8 Å². The Kier molecular flexibility index (Phi) is 4.55. The van der Waals surface area contributed by atoms with Crippen molar-refractivity contribution in [2.45, 2.75) is 0 Å². The number of carbonyl (C=O) groups excluding carboxylic acids is 1. The number of nitrogens with one attached hydrogen (secondary N) is 2. The van der Waals surface area contributed by atoms with Gasteiger partial charge < -0.3 is 15.0 Å². The van der Waals surface area contributed by atoms with Crippen molar-refractivity contribution in [3.05, 3.63) is 47.3 Å². The molecule has 0 unspecified atom stereocenters. The molecule has 1 aliphatic heterocycles. The van der Waals surface area contributed by atoms with Crippen molar-refractivity contribution in [3.8, 4) is 11.3 Å². The van der Waals surface area contributed by atoms with Crippen LogP contribution in [0.5, 0.6) is 0 Å². The molecule has 0 spiro atoms. The molecule has 3 aromatic heterocycles. The molecule has 0 atom stereocenters. The normalized spacial score (nSPS) is 14.5. The van der Waals surface area contributed by atoms with Gasteiger partial charge in [0.1, 0.15) is 4.83 Å². The van der Waals surface area contributed by atoms with Crippen molar-refractivity contribution in [1.29, 1.82) is 0 Å². The summed E-state index contributed by atoms with van der Waals surface area (Å²) in [6.07, 6.45) is 0. The first-order chi connectivity index (χ1) is 13.8. The van der Waals surface area contributed by atoms with E-state index in [9.17, 15) is 4.79 Å². The van der Waals surface area contributed by atoms with E-state index in [0.29, 0.717) is 10.7 Å². The maximum atomic E-state index is 12.6. The van der Waals surface area contributed by atoms with Crippen molar-refractivity contribution >= 4 is 49.1 Å². The number of benzene rings is 1. The highest BCUT2D eigenvalue weighted by Crippen LogP contribution is 2.35. The highest BCUT2D eigenvalue weighted by Gasteiger charge is 2.19. The molecule has 1 aromatic carbocycles. The minimum atomic E-state index is -0.172. The van der Waals surface area contributed by atoms with E-state index in [4.69, 9.17) is 9.72 Å². The average molecular weight is 412 g/mol. The maximum absolute atomic E-state index is 12.6. The first kappa shape index (κ1) is 17.4. The van der Waals surface area contributed by atoms with Crippen LogP contribution in [-0.2, 0) is 4.74 Å². The minimum absolute atomic E-state index is 0.172. The molecular weight excluding hydrogens is 394 g/mol. The number of rotatable bonds is 4. The third-order valence-corrected chi connectivity index (χ3v) is 6.71. The third-order valence-electron chi connectivity index (χ3n) is 4.49. The molecule has 142 valence electrons. The van der Waals surface area contributed by atoms with E-state index in [0.717, 1.165) is 52.2 Å². The number of carbonyl (C=O) groups is 1. The Hall–Kier alpha value is -2.75. The number of hydrogen-bond acceptors (Lipinski definition) is 7. The SMILES string of the molecule is O=C(Nc1cc(-c2ccccc2)[nH]n1)c1cc2sc(N3CCOCC3)nc2s1. The molecule has 4 heterocycles. The quantitative estimate of drug-likeness (QED) is 0.533. The number of aromatic amines is 1. The lowest BCUT2D eigenvalue weighted by Gasteiger charge is -2.25. The second kappa shape index (κ2) is 7.34. The van der Waals surface area contributed by atoms with E-state index in [1.54, 1.807) is 11.3 Å². The van der Waals surface area contributed by atoms with Gasteiger partial charge in [0.15, 0.2) is 10.9 Å². The number of aromatic nitrogens is 3. The fraction of sp³-hybridized carbons (Fsp3) is 0.211. The number of morpholine rings is 1. The molecule has 2 N–H and O–H groups in total. The van der Waals surface area contributed by atoms with E-state index in [-0.39, 0.29) is 5.91 Å². The number of hydrogen-bond donors (Lipinski definition) is 2. The third kappa shape index (κ3) is 3.39. The summed E-state index contributed by atoms with van der Waals surface area (Å²) < 4.78 is 6.42. The van der Waals surface area contributed by atoms with Crippen molar-refractivity contribution < 1.29 is 9.53 Å². The summed E-state index contributed by atoms with van der Waals surface area (Å²) in [6, 6.07) is 13.6. The molecule has 0 saturated carbocycles. The average Bonchev–Trinajstić information content (AvgIpc) is 3.44. The van der Waals surface area contributed by atoms with Gasteiger partial charge in [0, 0.05) is 19.2 Å². The number of amides is 1. The van der Waals surface area contributed by atoms with Gasteiger partial charge in [-0.15, -0.1) is 11.3 Å². The van der Waals surface area contributed by atoms with Gasteiger partial charge in [-0.25, -0.2) is 4.98 Å². The van der Waals surface area contributed by atoms with Crippen LogP contribution < -0.4 is 10.2 Å². The molecule has 1 aliphatic rings. The van der Waals surface area contributed by atoms with E-state index in [2.05, 4.69) is 20.4 Å². The Morgan fingerprint density at radius 1 is 1.14 bits per heavy atom. The fourth-order valence-corrected chi connectivity index (χ4v) is 5.21. The molecule has 4 aromatic rings. The number of thiazole rings is 1. The zero-order valence-corrected chi connectivity index (χ0v) is 16.5. The monoisotopic (exact) mass is 411 g/mol. The highest BCUT2D eigenvalue weighted by molar-refractivity contribution is 7.29. The lowest BCUT2D eigenvalue weighted by molar-refractivity contribution is 0.103. The summed E-state index contributed by atoms with van der Waals surface area (Å²) in [4.78, 5) is 21.1. The molecule has 0 aliphatic carbocycles. The summed E-state index contributed by atoms with van der Waals surface area (Å²) in [5.41, 5.74) is 1.88. The predicted octanol–water partition coefficient (Wildman–Crippen LogP) is 3.84. The Bertz CT molecular complexity index is 1080. The van der Waals surface area contributed by atoms with Gasteiger partial charge in [-0.2, -0.15) is 5.10 Å². The Balaban J connectivity index is 1.31. The molecule has 1 amide bonds. The van der Waals surface area contributed by atoms with Crippen LogP contribution in [0.2, 0.25) is 0 Å². The second-order valence-electron chi connectivity index (χ2n) is 6.36. The Morgan fingerprint density at radius 3 is 2.75 bits per heavy atom. The topological polar surface area (TPSA) is 83.1 Å². The van der Waals surface area contributed by atoms with Crippen LogP contribution in [-0.4, -0.2) is 47.4 Å². The second-order valence-corrected chi connectivity index (χ2v) is 8.40. The van der Waals surface area contributed by atoms with Crippen LogP contribution in [0.3, 0.4) is 0 Å². The zero-order chi connectivity index (χ0) is 18.9. The van der Waals surface area contributed by atoms with E-state index in [1.807, 2.05) is 42.5 Å². The Morgan fingerprint density at radius 2 is 1.96 bits per heavy atom. The molecular formula is C19H17N5O2S2. The first-order valence-electron chi connectivity index (χ1n) is 8.91. The summed E-state index contributed by atoms with van der Waals surface area (Å²) in [5.74, 6) is 0.330. The van der Waals surface area contributed by atoms with Gasteiger partial charge in [0.25, 0.3) is 5.91 Å². The van der Waals surface area contributed by atoms with Gasteiger partial charge in [-0.1, -0.05) is 41.7 Å². The van der Waals surface area contributed by atoms with Crippen LogP contribution in [0.4, 0.5) is 10.9 Å². The lowest BCUT2D eigenvalue weighted by Crippen LogP contribution is -2.36. The van der Waals surface area contributed by atoms with E-state index >= 15 is 0 Å². The van der Waals surface area contributed by atoms with Crippen molar-refractivity contribution in [2.75, 3.05) is 36.5 Å². The van der Waals surface area contributed by atoms with Crippen LogP contribution in [0.1, 0.15) is 9.67 Å². The zero-order valence-electron chi connectivity index (χ0n) is 14.8. The molecule has 0 radical (unpaired) electrons. The molecule has 28 heavy (non-hydrogen) atoms. The molecule has 7 nitrogen and oxygen atoms in total. The summed E-state index contributed by atoms with van der Waals surface area (Å²) in [7, 11) is 0. The smallest absolute Gasteiger partial charge is 0.267 e. The summed E-state index contributed by atoms with van der Waals surface area (Å²) >= 11 is 3.02. The first-order valence-corrected chi connectivity index (χ1v) is 10.5. The van der Waals surface area contributed by atoms with Gasteiger partial charge in [-0.05, 0) is 11.6 Å². The van der Waals surface area contributed by atoms with Crippen LogP contribution in [0, 0.1) is 0 Å². The summed E-state index contributed by atoms with van der Waals surface area (Å²) in [5, 5.41) is 11.0. The van der Waals surface area contributed by atoms with E-state index < -0.39 is 0 Å². The molecule has 9 heteroatoms. The fourth-order valence-electron chi connectivity index (χ4n) is 3.05. The molecule has 1 fully saturated rings. The van der Waals surface area contributed by atoms with Crippen LogP contribution in [0.15, 0.2) is 42.5 Å². The standard InChI is InChI=1S/C19H17N5O2S2/c25-17(20-16-10-13(22-23-16)12-4-2-1-3-5-12)14-11-15-18(27-14)21-19(28-15)24-6-8-26-9-7-24/h1-5,10-11H,6-9H2,(H2,20,22,23,25). The van der Waals surface area contributed by atoms with Gasteiger partial charge in [0.05, 0.1) is 28.5 Å². The Labute approximate surface area is 169 Å². The number of thiophene rings is 1. The largest absolute Gasteiger partial charge is 0.378 e. The maximum Gasteiger partial charge on any atom is 0.267 e. The molecule has 5 rings (SSSR count). The van der Waals surface area contributed by atoms with Crippen molar-refractivity contribution in [1.82, 2.24) is 15.2 Å². The van der Waals surface area contributed by atoms with Crippen molar-refractivity contribution in [2.24, 2.45) is 0 Å². The van der Waals surface area contributed by atoms with Gasteiger partial charge in [-0.3, -0.25) is 9.89 Å². The number of H-pyrrole nitrogens is 1. The number of ether oxygens (including phenoxy) is 1. The lowest BCUT2D eigenvalue weighted by atomic mass is 10.2. The number of anilines is 2.